The van der Waals surface area contributed by atoms with Gasteiger partial charge in [0.15, 0.2) is 11.6 Å². The number of benzene rings is 2. The van der Waals surface area contributed by atoms with E-state index in [1.807, 2.05) is 6.07 Å². The fourth-order valence-electron chi connectivity index (χ4n) is 1.97. The third kappa shape index (κ3) is 3.29. The minimum absolute atomic E-state index is 0.0323. The monoisotopic (exact) mass is 373 g/mol. The normalized spacial score (nSPS) is 11.0. The van der Waals surface area contributed by atoms with E-state index in [0.29, 0.717) is 15.5 Å². The molecule has 0 aliphatic heterocycles. The van der Waals surface area contributed by atoms with Gasteiger partial charge < -0.3 is 4.74 Å². The second-order valence-electron chi connectivity index (χ2n) is 4.52. The number of fused-ring (bicyclic) bond motifs is 1. The highest BCUT2D eigenvalue weighted by Crippen LogP contribution is 2.28. The molecule has 3 aromatic rings. The first-order chi connectivity index (χ1) is 11.0. The minimum Gasteiger partial charge on any atom is -0.483 e. The SMILES string of the molecule is O=C(Cl)c1c(F)ccc(OCc2nc3cc(Cl)ccc3s2)c1F. The molecule has 0 saturated heterocycles. The topological polar surface area (TPSA) is 39.2 Å². The number of rotatable bonds is 4. The number of thiazole rings is 1. The number of hydrogen-bond donors (Lipinski definition) is 0. The van der Waals surface area contributed by atoms with Gasteiger partial charge in [0.25, 0.3) is 5.24 Å². The Labute approximate surface area is 143 Å². The van der Waals surface area contributed by atoms with Crippen molar-refractivity contribution < 1.29 is 18.3 Å². The molecule has 1 aromatic heterocycles. The van der Waals surface area contributed by atoms with Crippen molar-refractivity contribution in [3.05, 3.63) is 57.6 Å². The maximum absolute atomic E-state index is 14.0. The zero-order valence-corrected chi connectivity index (χ0v) is 13.6. The predicted octanol–water partition coefficient (Wildman–Crippen LogP) is 5.19. The second kappa shape index (κ2) is 6.39. The van der Waals surface area contributed by atoms with Gasteiger partial charge in [0.2, 0.25) is 0 Å². The molecule has 118 valence electrons. The summed E-state index contributed by atoms with van der Waals surface area (Å²) in [6, 6.07) is 7.29. The molecule has 0 N–H and O–H groups in total. The molecule has 2 aromatic carbocycles. The zero-order valence-electron chi connectivity index (χ0n) is 11.3. The van der Waals surface area contributed by atoms with Crippen molar-refractivity contribution in [2.45, 2.75) is 6.61 Å². The van der Waals surface area contributed by atoms with Crippen molar-refractivity contribution in [3.63, 3.8) is 0 Å². The lowest BCUT2D eigenvalue weighted by atomic mass is 10.2. The quantitative estimate of drug-likeness (QED) is 0.591. The Kier molecular flexibility index (Phi) is 4.48. The van der Waals surface area contributed by atoms with Gasteiger partial charge in [0, 0.05) is 5.02 Å². The Morgan fingerprint density at radius 1 is 1.26 bits per heavy atom. The molecule has 8 heteroatoms. The van der Waals surface area contributed by atoms with Gasteiger partial charge in [-0.15, -0.1) is 11.3 Å². The lowest BCUT2D eigenvalue weighted by Gasteiger charge is -2.07. The Morgan fingerprint density at radius 2 is 2.04 bits per heavy atom. The van der Waals surface area contributed by atoms with Gasteiger partial charge in [-0.05, 0) is 41.9 Å². The maximum atomic E-state index is 14.0. The highest BCUT2D eigenvalue weighted by molar-refractivity contribution is 7.18. The van der Waals surface area contributed by atoms with Crippen molar-refractivity contribution in [3.8, 4) is 5.75 Å². The van der Waals surface area contributed by atoms with Crippen LogP contribution in [0.3, 0.4) is 0 Å². The summed E-state index contributed by atoms with van der Waals surface area (Å²) in [6.07, 6.45) is 0. The molecule has 23 heavy (non-hydrogen) atoms. The van der Waals surface area contributed by atoms with Crippen molar-refractivity contribution in [1.82, 2.24) is 4.98 Å². The summed E-state index contributed by atoms with van der Waals surface area (Å²) in [7, 11) is 0. The summed E-state index contributed by atoms with van der Waals surface area (Å²) in [5.41, 5.74) is -0.127. The van der Waals surface area contributed by atoms with Crippen molar-refractivity contribution in [2.24, 2.45) is 0 Å². The van der Waals surface area contributed by atoms with Crippen LogP contribution in [0.4, 0.5) is 8.78 Å². The van der Waals surface area contributed by atoms with Crippen LogP contribution in [0.5, 0.6) is 5.75 Å². The average molecular weight is 374 g/mol. The van der Waals surface area contributed by atoms with E-state index in [2.05, 4.69) is 4.98 Å². The third-order valence-corrected chi connectivity index (χ3v) is 4.43. The number of carbonyl (C=O) groups is 1. The van der Waals surface area contributed by atoms with Crippen LogP contribution >= 0.6 is 34.5 Å². The minimum atomic E-state index is -1.22. The Morgan fingerprint density at radius 3 is 2.78 bits per heavy atom. The molecule has 0 unspecified atom stereocenters. The van der Waals surface area contributed by atoms with Crippen molar-refractivity contribution in [2.75, 3.05) is 0 Å². The molecule has 3 nitrogen and oxygen atoms in total. The van der Waals surface area contributed by atoms with Gasteiger partial charge in [-0.1, -0.05) is 11.6 Å². The summed E-state index contributed by atoms with van der Waals surface area (Å²) in [5.74, 6) is -2.44. The van der Waals surface area contributed by atoms with Crippen LogP contribution in [0.15, 0.2) is 30.3 Å². The summed E-state index contributed by atoms with van der Waals surface area (Å²) in [6.45, 7) is -0.0323. The average Bonchev–Trinajstić information content (AvgIpc) is 2.88. The van der Waals surface area contributed by atoms with E-state index in [9.17, 15) is 13.6 Å². The van der Waals surface area contributed by atoms with Crippen LogP contribution in [0, 0.1) is 11.6 Å². The molecule has 0 aliphatic rings. The summed E-state index contributed by atoms with van der Waals surface area (Å²) in [5, 5.41) is -0.0741. The van der Waals surface area contributed by atoms with Gasteiger partial charge in [-0.25, -0.2) is 13.8 Å². The molecule has 0 aliphatic carbocycles. The molecule has 0 atom stereocenters. The van der Waals surface area contributed by atoms with Crippen LogP contribution in [-0.4, -0.2) is 10.2 Å². The van der Waals surface area contributed by atoms with Gasteiger partial charge in [0.05, 0.1) is 10.2 Å². The summed E-state index contributed by atoms with van der Waals surface area (Å²) < 4.78 is 33.6. The smallest absolute Gasteiger partial charge is 0.258 e. The van der Waals surface area contributed by atoms with E-state index in [0.717, 1.165) is 16.8 Å². The second-order valence-corrected chi connectivity index (χ2v) is 6.41. The fraction of sp³-hybridized carbons (Fsp3) is 0.0667. The number of nitrogens with zero attached hydrogens (tertiary/aromatic N) is 1. The molecule has 0 fully saturated rings. The van der Waals surface area contributed by atoms with E-state index in [4.69, 9.17) is 27.9 Å². The maximum Gasteiger partial charge on any atom is 0.258 e. The largest absolute Gasteiger partial charge is 0.483 e. The van der Waals surface area contributed by atoms with Crippen LogP contribution in [0.25, 0.3) is 10.2 Å². The first-order valence-electron chi connectivity index (χ1n) is 6.31. The van der Waals surface area contributed by atoms with E-state index >= 15 is 0 Å². The van der Waals surface area contributed by atoms with Gasteiger partial charge in [-0.2, -0.15) is 0 Å². The van der Waals surface area contributed by atoms with Crippen LogP contribution in [0.2, 0.25) is 5.02 Å². The van der Waals surface area contributed by atoms with E-state index < -0.39 is 22.4 Å². The van der Waals surface area contributed by atoms with E-state index in [-0.39, 0.29) is 12.4 Å². The van der Waals surface area contributed by atoms with Crippen LogP contribution < -0.4 is 4.74 Å². The number of halogens is 4. The van der Waals surface area contributed by atoms with Crippen molar-refractivity contribution >= 4 is 50.0 Å². The third-order valence-electron chi connectivity index (χ3n) is 3.00. The number of hydrogen-bond acceptors (Lipinski definition) is 4. The molecule has 0 radical (unpaired) electrons. The molecule has 0 spiro atoms. The molecular formula is C15H7Cl2F2NO2S. The molecular weight excluding hydrogens is 367 g/mol. The Bertz CT molecular complexity index is 914. The molecule has 0 saturated carbocycles. The number of aromatic nitrogens is 1. The molecule has 3 rings (SSSR count). The number of carbonyl (C=O) groups excluding carboxylic acids is 1. The lowest BCUT2D eigenvalue weighted by Crippen LogP contribution is -2.04. The molecule has 1 heterocycles. The van der Waals surface area contributed by atoms with Crippen molar-refractivity contribution in [1.29, 1.82) is 0 Å². The van der Waals surface area contributed by atoms with Gasteiger partial charge >= 0.3 is 0 Å². The molecule has 0 amide bonds. The Hall–Kier alpha value is -1.76. The highest BCUT2D eigenvalue weighted by Gasteiger charge is 2.20. The van der Waals surface area contributed by atoms with E-state index in [1.165, 1.54) is 11.3 Å². The first-order valence-corrected chi connectivity index (χ1v) is 7.88. The number of ether oxygens (including phenoxy) is 1. The summed E-state index contributed by atoms with van der Waals surface area (Å²) >= 11 is 12.4. The fourth-order valence-corrected chi connectivity index (χ4v) is 3.18. The van der Waals surface area contributed by atoms with Crippen LogP contribution in [0.1, 0.15) is 15.4 Å². The van der Waals surface area contributed by atoms with Gasteiger partial charge in [0.1, 0.15) is 23.0 Å². The standard InChI is InChI=1S/C15H7Cl2F2NO2S/c16-7-1-4-11-9(5-7)20-12(23-11)6-22-10-3-2-8(18)13(14(10)19)15(17)21/h1-5H,6H2. The first kappa shape index (κ1) is 16.1. The predicted molar refractivity (Wildman–Crippen MR) is 85.5 cm³/mol. The van der Waals surface area contributed by atoms with E-state index in [1.54, 1.807) is 12.1 Å². The zero-order chi connectivity index (χ0) is 16.6. The summed E-state index contributed by atoms with van der Waals surface area (Å²) in [4.78, 5) is 15.4. The van der Waals surface area contributed by atoms with Crippen LogP contribution in [-0.2, 0) is 6.61 Å². The highest BCUT2D eigenvalue weighted by atomic mass is 35.5. The lowest BCUT2D eigenvalue weighted by molar-refractivity contribution is 0.107. The Balaban J connectivity index is 1.85. The molecule has 0 bridgehead atoms. The van der Waals surface area contributed by atoms with Gasteiger partial charge in [-0.3, -0.25) is 4.79 Å².